The number of fused-ring (bicyclic) bond motifs is 1. The second-order valence-corrected chi connectivity index (χ2v) is 3.26. The van der Waals surface area contributed by atoms with Crippen molar-refractivity contribution in [3.05, 3.63) is 23.9 Å². The number of likely N-dealkylation sites (N-methyl/N-ethyl adjacent to an activating group) is 1. The molecule has 14 heavy (non-hydrogen) atoms. The number of aromatic amines is 1. The molecule has 0 aliphatic heterocycles. The van der Waals surface area contributed by atoms with E-state index in [9.17, 15) is 5.11 Å². The average Bonchev–Trinajstić information content (AvgIpc) is 2.57. The largest absolute Gasteiger partial charge is 0.508 e. The van der Waals surface area contributed by atoms with Gasteiger partial charge in [-0.15, -0.1) is 0 Å². The van der Waals surface area contributed by atoms with Crippen LogP contribution in [0.3, 0.4) is 0 Å². The van der Waals surface area contributed by atoms with Crippen LogP contribution in [0.25, 0.3) is 10.9 Å². The van der Waals surface area contributed by atoms with Crippen LogP contribution in [0.1, 0.15) is 5.69 Å². The third-order valence-electron chi connectivity index (χ3n) is 2.24. The van der Waals surface area contributed by atoms with Gasteiger partial charge in [0.1, 0.15) is 5.75 Å². The highest BCUT2D eigenvalue weighted by atomic mass is 16.3. The number of phenolic OH excluding ortho intramolecular Hbond substituents is 1. The number of hydrogen-bond donors (Lipinski definition) is 3. The quantitative estimate of drug-likeness (QED) is 0.679. The van der Waals surface area contributed by atoms with Crippen molar-refractivity contribution in [3.8, 4) is 5.75 Å². The van der Waals surface area contributed by atoms with Gasteiger partial charge in [0.25, 0.3) is 0 Å². The number of H-pyrrole nitrogens is 1. The second kappa shape index (κ2) is 3.67. The summed E-state index contributed by atoms with van der Waals surface area (Å²) in [5.41, 5.74) is 1.96. The van der Waals surface area contributed by atoms with Crippen LogP contribution in [0.5, 0.6) is 5.75 Å². The Bertz CT molecular complexity index is 436. The minimum absolute atomic E-state index is 0.282. The number of rotatable bonds is 3. The summed E-state index contributed by atoms with van der Waals surface area (Å²) in [7, 11) is 1.91. The molecule has 4 nitrogen and oxygen atoms in total. The summed E-state index contributed by atoms with van der Waals surface area (Å²) in [6.45, 7) is 0.896. The number of aromatic nitrogens is 2. The van der Waals surface area contributed by atoms with Gasteiger partial charge in [-0.2, -0.15) is 5.10 Å². The smallest absolute Gasteiger partial charge is 0.116 e. The molecule has 0 radical (unpaired) electrons. The molecule has 2 rings (SSSR count). The average molecular weight is 191 g/mol. The molecule has 0 bridgehead atoms. The van der Waals surface area contributed by atoms with Gasteiger partial charge in [0.15, 0.2) is 0 Å². The van der Waals surface area contributed by atoms with E-state index in [0.29, 0.717) is 0 Å². The molecule has 1 heterocycles. The highest BCUT2D eigenvalue weighted by Gasteiger charge is 2.04. The Kier molecular flexibility index (Phi) is 2.37. The first-order valence-electron chi connectivity index (χ1n) is 4.62. The number of phenols is 1. The molecule has 1 aromatic carbocycles. The molecule has 0 atom stereocenters. The maximum absolute atomic E-state index is 9.34. The maximum Gasteiger partial charge on any atom is 0.116 e. The minimum Gasteiger partial charge on any atom is -0.508 e. The molecule has 3 N–H and O–H groups in total. The lowest BCUT2D eigenvalue weighted by molar-refractivity contribution is 0.476. The number of benzene rings is 1. The van der Waals surface area contributed by atoms with Gasteiger partial charge < -0.3 is 10.4 Å². The highest BCUT2D eigenvalue weighted by molar-refractivity contribution is 5.82. The van der Waals surface area contributed by atoms with Gasteiger partial charge in [-0.1, -0.05) is 0 Å². The van der Waals surface area contributed by atoms with Gasteiger partial charge in [0.05, 0.1) is 5.52 Å². The first-order valence-corrected chi connectivity index (χ1v) is 4.62. The highest BCUT2D eigenvalue weighted by Crippen LogP contribution is 2.21. The minimum atomic E-state index is 0.282. The molecule has 0 spiro atoms. The van der Waals surface area contributed by atoms with Crippen LogP contribution in [0.15, 0.2) is 18.2 Å². The van der Waals surface area contributed by atoms with E-state index in [2.05, 4.69) is 15.5 Å². The van der Waals surface area contributed by atoms with Crippen molar-refractivity contribution in [3.63, 3.8) is 0 Å². The maximum atomic E-state index is 9.34. The Balaban J connectivity index is 2.40. The van der Waals surface area contributed by atoms with E-state index in [1.165, 1.54) is 0 Å². The fourth-order valence-electron chi connectivity index (χ4n) is 1.49. The van der Waals surface area contributed by atoms with E-state index in [-0.39, 0.29) is 5.75 Å². The molecule has 0 aliphatic carbocycles. The Hall–Kier alpha value is -1.55. The normalized spacial score (nSPS) is 10.9. The zero-order valence-electron chi connectivity index (χ0n) is 8.04. The molecule has 0 aliphatic rings. The summed E-state index contributed by atoms with van der Waals surface area (Å²) in [6.07, 6.45) is 0.885. The van der Waals surface area contributed by atoms with Crippen molar-refractivity contribution >= 4 is 10.9 Å². The van der Waals surface area contributed by atoms with Crippen molar-refractivity contribution in [1.29, 1.82) is 0 Å². The molecule has 74 valence electrons. The van der Waals surface area contributed by atoms with E-state index in [1.54, 1.807) is 12.1 Å². The van der Waals surface area contributed by atoms with E-state index in [0.717, 1.165) is 29.6 Å². The molecular weight excluding hydrogens is 178 g/mol. The van der Waals surface area contributed by atoms with Crippen LogP contribution in [0.4, 0.5) is 0 Å². The molecular formula is C10H13N3O. The van der Waals surface area contributed by atoms with Crippen LogP contribution >= 0.6 is 0 Å². The predicted molar refractivity (Wildman–Crippen MR) is 55.4 cm³/mol. The SMILES string of the molecule is CNCCc1[nH]nc2ccc(O)cc12. The number of nitrogens with one attached hydrogen (secondary N) is 2. The van der Waals surface area contributed by atoms with Crippen LogP contribution in [-0.2, 0) is 6.42 Å². The van der Waals surface area contributed by atoms with E-state index >= 15 is 0 Å². The monoisotopic (exact) mass is 191 g/mol. The van der Waals surface area contributed by atoms with E-state index < -0.39 is 0 Å². The fourth-order valence-corrected chi connectivity index (χ4v) is 1.49. The van der Waals surface area contributed by atoms with E-state index in [4.69, 9.17) is 0 Å². The molecule has 0 saturated carbocycles. The zero-order valence-corrected chi connectivity index (χ0v) is 8.04. The molecule has 4 heteroatoms. The third-order valence-corrected chi connectivity index (χ3v) is 2.24. The Morgan fingerprint density at radius 3 is 3.14 bits per heavy atom. The van der Waals surface area contributed by atoms with Crippen molar-refractivity contribution in [2.45, 2.75) is 6.42 Å². The summed E-state index contributed by atoms with van der Waals surface area (Å²) in [6, 6.07) is 5.19. The van der Waals surface area contributed by atoms with Gasteiger partial charge in [0.2, 0.25) is 0 Å². The van der Waals surface area contributed by atoms with Crippen LogP contribution in [-0.4, -0.2) is 28.9 Å². The van der Waals surface area contributed by atoms with Crippen molar-refractivity contribution in [1.82, 2.24) is 15.5 Å². The van der Waals surface area contributed by atoms with Gasteiger partial charge in [-0.25, -0.2) is 0 Å². The summed E-state index contributed by atoms with van der Waals surface area (Å²) in [5, 5.41) is 20.5. The van der Waals surface area contributed by atoms with Crippen LogP contribution in [0.2, 0.25) is 0 Å². The lowest BCUT2D eigenvalue weighted by atomic mass is 10.1. The second-order valence-electron chi connectivity index (χ2n) is 3.26. The first-order chi connectivity index (χ1) is 6.81. The Labute approximate surface area is 81.9 Å². The lowest BCUT2D eigenvalue weighted by Crippen LogP contribution is -2.10. The first kappa shape index (κ1) is 9.02. The third kappa shape index (κ3) is 1.56. The van der Waals surface area contributed by atoms with Gasteiger partial charge in [0, 0.05) is 24.0 Å². The summed E-state index contributed by atoms with van der Waals surface area (Å²) in [5.74, 6) is 0.282. The number of nitrogens with zero attached hydrogens (tertiary/aromatic N) is 1. The summed E-state index contributed by atoms with van der Waals surface area (Å²) in [4.78, 5) is 0. The topological polar surface area (TPSA) is 60.9 Å². The number of hydrogen-bond acceptors (Lipinski definition) is 3. The number of aromatic hydroxyl groups is 1. The molecule has 0 unspecified atom stereocenters. The fraction of sp³-hybridized carbons (Fsp3) is 0.300. The van der Waals surface area contributed by atoms with E-state index in [1.807, 2.05) is 13.1 Å². The van der Waals surface area contributed by atoms with Gasteiger partial charge in [-0.3, -0.25) is 5.10 Å². The summed E-state index contributed by atoms with van der Waals surface area (Å²) >= 11 is 0. The van der Waals surface area contributed by atoms with Crippen LogP contribution < -0.4 is 5.32 Å². The summed E-state index contributed by atoms with van der Waals surface area (Å²) < 4.78 is 0. The van der Waals surface area contributed by atoms with Crippen LogP contribution in [0, 0.1) is 0 Å². The molecule has 0 fully saturated rings. The Morgan fingerprint density at radius 1 is 1.50 bits per heavy atom. The van der Waals surface area contributed by atoms with Crippen molar-refractivity contribution in [2.24, 2.45) is 0 Å². The molecule has 0 saturated heterocycles. The Morgan fingerprint density at radius 2 is 2.36 bits per heavy atom. The molecule has 2 aromatic rings. The zero-order chi connectivity index (χ0) is 9.97. The molecule has 0 amide bonds. The van der Waals surface area contributed by atoms with Crippen molar-refractivity contribution < 1.29 is 5.11 Å². The standard InChI is InChI=1S/C10H13N3O/c1-11-5-4-10-8-6-7(14)2-3-9(8)12-13-10/h2-3,6,11,14H,4-5H2,1H3,(H,12,13). The van der Waals surface area contributed by atoms with Gasteiger partial charge in [-0.05, 0) is 25.2 Å². The predicted octanol–water partition coefficient (Wildman–Crippen LogP) is 1.03. The molecule has 1 aromatic heterocycles. The van der Waals surface area contributed by atoms with Gasteiger partial charge >= 0.3 is 0 Å². The lowest BCUT2D eigenvalue weighted by Gasteiger charge is -1.97. The van der Waals surface area contributed by atoms with Crippen molar-refractivity contribution in [2.75, 3.05) is 13.6 Å².